The third-order valence-electron chi connectivity index (χ3n) is 2.26. The van der Waals surface area contributed by atoms with E-state index in [0.29, 0.717) is 5.95 Å². The van der Waals surface area contributed by atoms with Crippen molar-refractivity contribution in [3.05, 3.63) is 43.0 Å². The SMILES string of the molecule is c1cnc(Nc2c[nH]c3ncccc23)nc1. The fourth-order valence-electron chi connectivity index (χ4n) is 1.54. The lowest BCUT2D eigenvalue weighted by molar-refractivity contribution is 1.17. The maximum absolute atomic E-state index is 4.21. The minimum atomic E-state index is 0.576. The molecule has 0 saturated carbocycles. The molecule has 3 aromatic rings. The highest BCUT2D eigenvalue weighted by atomic mass is 15.1. The molecule has 5 heteroatoms. The van der Waals surface area contributed by atoms with Crippen molar-refractivity contribution in [1.29, 1.82) is 0 Å². The zero-order valence-corrected chi connectivity index (χ0v) is 8.38. The molecular formula is C11H9N5. The van der Waals surface area contributed by atoms with Crippen molar-refractivity contribution in [3.8, 4) is 0 Å². The van der Waals surface area contributed by atoms with Crippen molar-refractivity contribution in [2.75, 3.05) is 5.32 Å². The van der Waals surface area contributed by atoms with Gasteiger partial charge < -0.3 is 10.3 Å². The molecule has 0 unspecified atom stereocenters. The van der Waals surface area contributed by atoms with Crippen molar-refractivity contribution < 1.29 is 0 Å². The number of hydrogen-bond donors (Lipinski definition) is 2. The van der Waals surface area contributed by atoms with E-state index in [1.54, 1.807) is 24.7 Å². The molecule has 0 aliphatic rings. The topological polar surface area (TPSA) is 66.5 Å². The van der Waals surface area contributed by atoms with Crippen LogP contribution in [-0.4, -0.2) is 19.9 Å². The molecule has 0 radical (unpaired) electrons. The van der Waals surface area contributed by atoms with E-state index < -0.39 is 0 Å². The van der Waals surface area contributed by atoms with Gasteiger partial charge in [-0.1, -0.05) is 0 Å². The Morgan fingerprint density at radius 3 is 2.69 bits per heavy atom. The Morgan fingerprint density at radius 2 is 1.81 bits per heavy atom. The van der Waals surface area contributed by atoms with E-state index in [9.17, 15) is 0 Å². The van der Waals surface area contributed by atoms with Gasteiger partial charge in [0.1, 0.15) is 5.65 Å². The minimum absolute atomic E-state index is 0.576. The van der Waals surface area contributed by atoms with Crippen LogP contribution in [-0.2, 0) is 0 Å². The van der Waals surface area contributed by atoms with Crippen LogP contribution in [0.25, 0.3) is 11.0 Å². The summed E-state index contributed by atoms with van der Waals surface area (Å²) in [5, 5.41) is 4.16. The fourth-order valence-corrected chi connectivity index (χ4v) is 1.54. The van der Waals surface area contributed by atoms with Gasteiger partial charge in [0.05, 0.1) is 5.69 Å². The highest BCUT2D eigenvalue weighted by Crippen LogP contribution is 2.22. The number of anilines is 2. The summed E-state index contributed by atoms with van der Waals surface area (Å²) < 4.78 is 0. The second kappa shape index (κ2) is 3.62. The predicted molar refractivity (Wildman–Crippen MR) is 61.4 cm³/mol. The average molecular weight is 211 g/mol. The van der Waals surface area contributed by atoms with Gasteiger partial charge >= 0.3 is 0 Å². The lowest BCUT2D eigenvalue weighted by atomic mass is 10.3. The van der Waals surface area contributed by atoms with Crippen molar-refractivity contribution in [3.63, 3.8) is 0 Å². The van der Waals surface area contributed by atoms with Crippen LogP contribution in [0.5, 0.6) is 0 Å². The van der Waals surface area contributed by atoms with Crippen LogP contribution in [0.4, 0.5) is 11.6 Å². The standard InChI is InChI=1S/C11H9N5/c1-3-8-9(7-15-10(8)12-4-1)16-11-13-5-2-6-14-11/h1-7H,(H,12,15)(H,13,14,16). The fraction of sp³-hybridized carbons (Fsp3) is 0. The van der Waals surface area contributed by atoms with E-state index in [1.165, 1.54) is 0 Å². The van der Waals surface area contributed by atoms with Crippen LogP contribution < -0.4 is 5.32 Å². The smallest absolute Gasteiger partial charge is 0.227 e. The lowest BCUT2D eigenvalue weighted by Crippen LogP contribution is -1.94. The summed E-state index contributed by atoms with van der Waals surface area (Å²) in [6.45, 7) is 0. The molecule has 3 rings (SSSR count). The van der Waals surface area contributed by atoms with Crippen LogP contribution >= 0.6 is 0 Å². The summed E-state index contributed by atoms with van der Waals surface area (Å²) in [5.41, 5.74) is 1.77. The third-order valence-corrected chi connectivity index (χ3v) is 2.26. The minimum Gasteiger partial charge on any atom is -0.344 e. The summed E-state index contributed by atoms with van der Waals surface area (Å²) in [6.07, 6.45) is 7.00. The number of aromatic nitrogens is 4. The molecule has 0 fully saturated rings. The monoisotopic (exact) mass is 211 g/mol. The number of aromatic amines is 1. The molecule has 78 valence electrons. The first-order chi connectivity index (χ1) is 7.93. The molecule has 0 aliphatic heterocycles. The normalized spacial score (nSPS) is 10.5. The molecule has 3 heterocycles. The molecule has 0 amide bonds. The lowest BCUT2D eigenvalue weighted by Gasteiger charge is -2.01. The first-order valence-corrected chi connectivity index (χ1v) is 4.89. The molecule has 5 nitrogen and oxygen atoms in total. The van der Waals surface area contributed by atoms with Crippen LogP contribution in [0, 0.1) is 0 Å². The van der Waals surface area contributed by atoms with Gasteiger partial charge in [-0.3, -0.25) is 0 Å². The van der Waals surface area contributed by atoms with E-state index in [0.717, 1.165) is 16.7 Å². The zero-order chi connectivity index (χ0) is 10.8. The van der Waals surface area contributed by atoms with Gasteiger partial charge in [0, 0.05) is 30.2 Å². The van der Waals surface area contributed by atoms with Gasteiger partial charge in [0.15, 0.2) is 0 Å². The Morgan fingerprint density at radius 1 is 1.00 bits per heavy atom. The van der Waals surface area contributed by atoms with E-state index in [1.807, 2.05) is 18.3 Å². The van der Waals surface area contributed by atoms with Gasteiger partial charge in [-0.25, -0.2) is 15.0 Å². The largest absolute Gasteiger partial charge is 0.344 e. The molecule has 0 bridgehead atoms. The maximum Gasteiger partial charge on any atom is 0.227 e. The Balaban J connectivity index is 2.01. The van der Waals surface area contributed by atoms with Gasteiger partial charge in [-0.15, -0.1) is 0 Å². The van der Waals surface area contributed by atoms with Gasteiger partial charge in [-0.2, -0.15) is 0 Å². The number of H-pyrrole nitrogens is 1. The Kier molecular flexibility index (Phi) is 2.00. The molecule has 2 N–H and O–H groups in total. The maximum atomic E-state index is 4.21. The van der Waals surface area contributed by atoms with Crippen molar-refractivity contribution in [2.45, 2.75) is 0 Å². The van der Waals surface area contributed by atoms with Crippen LogP contribution in [0.1, 0.15) is 0 Å². The molecule has 0 aromatic carbocycles. The Labute approximate surface area is 91.6 Å². The van der Waals surface area contributed by atoms with Crippen molar-refractivity contribution in [2.24, 2.45) is 0 Å². The summed E-state index contributed by atoms with van der Waals surface area (Å²) in [4.78, 5) is 15.5. The number of pyridine rings is 1. The number of rotatable bonds is 2. The molecule has 0 atom stereocenters. The molecule has 0 spiro atoms. The summed E-state index contributed by atoms with van der Waals surface area (Å²) in [5.74, 6) is 0.576. The van der Waals surface area contributed by atoms with Crippen molar-refractivity contribution in [1.82, 2.24) is 19.9 Å². The van der Waals surface area contributed by atoms with Gasteiger partial charge in [0.25, 0.3) is 0 Å². The number of fused-ring (bicyclic) bond motifs is 1. The summed E-state index contributed by atoms with van der Waals surface area (Å²) >= 11 is 0. The molecule has 0 saturated heterocycles. The van der Waals surface area contributed by atoms with Crippen LogP contribution in [0.15, 0.2) is 43.0 Å². The van der Waals surface area contributed by atoms with Crippen LogP contribution in [0.3, 0.4) is 0 Å². The molecule has 0 aliphatic carbocycles. The number of nitrogens with one attached hydrogen (secondary N) is 2. The number of nitrogens with zero attached hydrogens (tertiary/aromatic N) is 3. The predicted octanol–water partition coefficient (Wildman–Crippen LogP) is 2.10. The quantitative estimate of drug-likeness (QED) is 0.681. The third kappa shape index (κ3) is 1.48. The van der Waals surface area contributed by atoms with E-state index in [2.05, 4.69) is 25.3 Å². The second-order valence-electron chi connectivity index (χ2n) is 3.30. The zero-order valence-electron chi connectivity index (χ0n) is 8.38. The summed E-state index contributed by atoms with van der Waals surface area (Å²) in [7, 11) is 0. The summed E-state index contributed by atoms with van der Waals surface area (Å²) in [6, 6.07) is 5.67. The second-order valence-corrected chi connectivity index (χ2v) is 3.30. The van der Waals surface area contributed by atoms with E-state index in [-0.39, 0.29) is 0 Å². The average Bonchev–Trinajstić information content (AvgIpc) is 2.74. The Hall–Kier alpha value is -2.43. The van der Waals surface area contributed by atoms with Gasteiger partial charge in [0.2, 0.25) is 5.95 Å². The van der Waals surface area contributed by atoms with E-state index >= 15 is 0 Å². The number of hydrogen-bond acceptors (Lipinski definition) is 4. The highest BCUT2D eigenvalue weighted by molar-refractivity contribution is 5.91. The Bertz CT molecular complexity index is 602. The highest BCUT2D eigenvalue weighted by Gasteiger charge is 2.04. The molecule has 16 heavy (non-hydrogen) atoms. The first kappa shape index (κ1) is 8.84. The van der Waals surface area contributed by atoms with Crippen LogP contribution in [0.2, 0.25) is 0 Å². The molecular weight excluding hydrogens is 202 g/mol. The van der Waals surface area contributed by atoms with E-state index in [4.69, 9.17) is 0 Å². The van der Waals surface area contributed by atoms with Crippen molar-refractivity contribution >= 4 is 22.7 Å². The first-order valence-electron chi connectivity index (χ1n) is 4.89. The molecule has 3 aromatic heterocycles. The van der Waals surface area contributed by atoms with Gasteiger partial charge in [-0.05, 0) is 18.2 Å².